The molecule has 0 heterocycles. The first kappa shape index (κ1) is 14.5. The van der Waals surface area contributed by atoms with Crippen molar-refractivity contribution in [2.75, 3.05) is 13.6 Å². The van der Waals surface area contributed by atoms with Gasteiger partial charge in [0.25, 0.3) is 0 Å². The quantitative estimate of drug-likeness (QED) is 0.843. The summed E-state index contributed by atoms with van der Waals surface area (Å²) in [4.78, 5) is 2.12. The molecular formula is C14H22ClNO. The van der Waals surface area contributed by atoms with Crippen LogP contribution in [0.2, 0.25) is 5.02 Å². The standard InChI is InChI=1S/C14H22ClNO/c1-4-14(17,5-2)11-16(3)10-12-8-6-7-9-13(12)15/h6-9,17H,4-5,10-11H2,1-3H3. The van der Waals surface area contributed by atoms with Crippen LogP contribution in [0.25, 0.3) is 0 Å². The molecule has 0 aliphatic carbocycles. The van der Waals surface area contributed by atoms with Gasteiger partial charge in [0.05, 0.1) is 5.60 Å². The fourth-order valence-corrected chi connectivity index (χ4v) is 2.14. The molecular weight excluding hydrogens is 234 g/mol. The smallest absolute Gasteiger partial charge is 0.0768 e. The average Bonchev–Trinajstić information content (AvgIpc) is 2.32. The van der Waals surface area contributed by atoms with Crippen LogP contribution in [0, 0.1) is 0 Å². The van der Waals surface area contributed by atoms with Gasteiger partial charge in [0.1, 0.15) is 0 Å². The Hall–Kier alpha value is -0.570. The van der Waals surface area contributed by atoms with Crippen molar-refractivity contribution in [1.82, 2.24) is 4.90 Å². The highest BCUT2D eigenvalue weighted by molar-refractivity contribution is 6.31. The normalized spacial score (nSPS) is 12.1. The SMILES string of the molecule is CCC(O)(CC)CN(C)Cc1ccccc1Cl. The van der Waals surface area contributed by atoms with Crippen LogP contribution < -0.4 is 0 Å². The van der Waals surface area contributed by atoms with E-state index in [9.17, 15) is 5.11 Å². The fraction of sp³-hybridized carbons (Fsp3) is 0.571. The van der Waals surface area contributed by atoms with Crippen LogP contribution >= 0.6 is 11.6 Å². The lowest BCUT2D eigenvalue weighted by molar-refractivity contribution is 0.00131. The third kappa shape index (κ3) is 4.30. The van der Waals surface area contributed by atoms with Crippen molar-refractivity contribution in [2.24, 2.45) is 0 Å². The van der Waals surface area contributed by atoms with Gasteiger partial charge < -0.3 is 5.11 Å². The lowest BCUT2D eigenvalue weighted by atomic mass is 9.97. The zero-order chi connectivity index (χ0) is 12.9. The van der Waals surface area contributed by atoms with E-state index in [1.807, 2.05) is 45.2 Å². The number of hydrogen-bond donors (Lipinski definition) is 1. The van der Waals surface area contributed by atoms with Gasteiger partial charge in [-0.05, 0) is 31.5 Å². The Bertz CT molecular complexity index is 350. The van der Waals surface area contributed by atoms with E-state index < -0.39 is 5.60 Å². The Kier molecular flexibility index (Phi) is 5.44. The van der Waals surface area contributed by atoms with Gasteiger partial charge in [0, 0.05) is 18.1 Å². The highest BCUT2D eigenvalue weighted by atomic mass is 35.5. The average molecular weight is 256 g/mol. The first-order valence-electron chi connectivity index (χ1n) is 6.15. The first-order valence-corrected chi connectivity index (χ1v) is 6.53. The van der Waals surface area contributed by atoms with E-state index in [1.165, 1.54) is 0 Å². The molecule has 0 aliphatic rings. The van der Waals surface area contributed by atoms with E-state index in [0.29, 0.717) is 6.54 Å². The van der Waals surface area contributed by atoms with Crippen LogP contribution in [0.5, 0.6) is 0 Å². The number of nitrogens with zero attached hydrogens (tertiary/aromatic N) is 1. The maximum atomic E-state index is 10.3. The summed E-state index contributed by atoms with van der Waals surface area (Å²) in [5.41, 5.74) is 0.516. The molecule has 1 aromatic carbocycles. The van der Waals surface area contributed by atoms with Crippen LogP contribution in [0.4, 0.5) is 0 Å². The molecule has 0 atom stereocenters. The summed E-state index contributed by atoms with van der Waals surface area (Å²) in [6, 6.07) is 7.84. The summed E-state index contributed by atoms with van der Waals surface area (Å²) in [6.07, 6.45) is 1.55. The molecule has 3 heteroatoms. The second kappa shape index (κ2) is 6.39. The maximum absolute atomic E-state index is 10.3. The minimum Gasteiger partial charge on any atom is -0.389 e. The molecule has 0 radical (unpaired) electrons. The molecule has 0 unspecified atom stereocenters. The van der Waals surface area contributed by atoms with Crippen LogP contribution in [0.3, 0.4) is 0 Å². The van der Waals surface area contributed by atoms with Gasteiger partial charge in [-0.2, -0.15) is 0 Å². The molecule has 1 rings (SSSR count). The summed E-state index contributed by atoms with van der Waals surface area (Å²) in [6.45, 7) is 5.48. The second-order valence-electron chi connectivity index (χ2n) is 4.70. The number of likely N-dealkylation sites (N-methyl/N-ethyl adjacent to an activating group) is 1. The number of halogens is 1. The van der Waals surface area contributed by atoms with Crippen molar-refractivity contribution in [1.29, 1.82) is 0 Å². The van der Waals surface area contributed by atoms with Crippen molar-refractivity contribution in [3.05, 3.63) is 34.9 Å². The highest BCUT2D eigenvalue weighted by Crippen LogP contribution is 2.20. The summed E-state index contributed by atoms with van der Waals surface area (Å²) in [5.74, 6) is 0. The Balaban J connectivity index is 2.61. The fourth-order valence-electron chi connectivity index (χ4n) is 1.95. The van der Waals surface area contributed by atoms with E-state index in [4.69, 9.17) is 11.6 Å². The number of benzene rings is 1. The summed E-state index contributed by atoms with van der Waals surface area (Å²) in [5, 5.41) is 11.1. The topological polar surface area (TPSA) is 23.5 Å². The van der Waals surface area contributed by atoms with Gasteiger partial charge in [-0.25, -0.2) is 0 Å². The minimum absolute atomic E-state index is 0.587. The molecule has 0 aliphatic heterocycles. The molecule has 96 valence electrons. The Morgan fingerprint density at radius 2 is 1.82 bits per heavy atom. The Morgan fingerprint density at radius 1 is 1.24 bits per heavy atom. The number of hydrogen-bond acceptors (Lipinski definition) is 2. The zero-order valence-electron chi connectivity index (χ0n) is 10.9. The summed E-state index contributed by atoms with van der Waals surface area (Å²) >= 11 is 6.12. The molecule has 0 amide bonds. The van der Waals surface area contributed by atoms with Crippen molar-refractivity contribution in [3.8, 4) is 0 Å². The van der Waals surface area contributed by atoms with Crippen LogP contribution in [0.15, 0.2) is 24.3 Å². The van der Waals surface area contributed by atoms with Gasteiger partial charge in [-0.1, -0.05) is 43.6 Å². The maximum Gasteiger partial charge on any atom is 0.0768 e. The van der Waals surface area contributed by atoms with Gasteiger partial charge in [0.2, 0.25) is 0 Å². The van der Waals surface area contributed by atoms with E-state index in [0.717, 1.165) is 30.0 Å². The van der Waals surface area contributed by atoms with Crippen molar-refractivity contribution in [2.45, 2.75) is 38.8 Å². The van der Waals surface area contributed by atoms with Crippen molar-refractivity contribution >= 4 is 11.6 Å². The predicted molar refractivity (Wildman–Crippen MR) is 73.3 cm³/mol. The molecule has 2 nitrogen and oxygen atoms in total. The number of rotatable bonds is 6. The molecule has 0 fully saturated rings. The largest absolute Gasteiger partial charge is 0.389 e. The lowest BCUT2D eigenvalue weighted by Gasteiger charge is -2.30. The van der Waals surface area contributed by atoms with Crippen molar-refractivity contribution in [3.63, 3.8) is 0 Å². The van der Waals surface area contributed by atoms with Crippen LogP contribution in [0.1, 0.15) is 32.3 Å². The summed E-state index contributed by atoms with van der Waals surface area (Å²) < 4.78 is 0. The Labute approximate surface area is 109 Å². The van der Waals surface area contributed by atoms with Crippen LogP contribution in [-0.2, 0) is 6.54 Å². The zero-order valence-corrected chi connectivity index (χ0v) is 11.7. The van der Waals surface area contributed by atoms with Gasteiger partial charge in [0.15, 0.2) is 0 Å². The second-order valence-corrected chi connectivity index (χ2v) is 5.10. The monoisotopic (exact) mass is 255 g/mol. The first-order chi connectivity index (χ1) is 8.00. The van der Waals surface area contributed by atoms with Gasteiger partial charge in [-0.15, -0.1) is 0 Å². The number of aliphatic hydroxyl groups is 1. The summed E-state index contributed by atoms with van der Waals surface area (Å²) in [7, 11) is 2.01. The molecule has 1 N–H and O–H groups in total. The van der Waals surface area contributed by atoms with E-state index in [2.05, 4.69) is 4.90 Å². The van der Waals surface area contributed by atoms with E-state index in [1.54, 1.807) is 0 Å². The highest BCUT2D eigenvalue weighted by Gasteiger charge is 2.24. The minimum atomic E-state index is -0.587. The van der Waals surface area contributed by atoms with E-state index >= 15 is 0 Å². The molecule has 0 spiro atoms. The molecule has 17 heavy (non-hydrogen) atoms. The van der Waals surface area contributed by atoms with Crippen LogP contribution in [-0.4, -0.2) is 29.2 Å². The lowest BCUT2D eigenvalue weighted by Crippen LogP contribution is -2.40. The van der Waals surface area contributed by atoms with Gasteiger partial charge in [-0.3, -0.25) is 4.90 Å². The molecule has 1 aromatic rings. The van der Waals surface area contributed by atoms with E-state index in [-0.39, 0.29) is 0 Å². The van der Waals surface area contributed by atoms with Crippen molar-refractivity contribution < 1.29 is 5.11 Å². The molecule has 0 bridgehead atoms. The van der Waals surface area contributed by atoms with Gasteiger partial charge >= 0.3 is 0 Å². The molecule has 0 saturated heterocycles. The Morgan fingerprint density at radius 3 is 2.35 bits per heavy atom. The molecule has 0 saturated carbocycles. The third-order valence-electron chi connectivity index (χ3n) is 3.28. The predicted octanol–water partition coefficient (Wildman–Crippen LogP) is 3.32. The molecule has 0 aromatic heterocycles. The third-order valence-corrected chi connectivity index (χ3v) is 3.65.